The Labute approximate surface area is 123 Å². The molecule has 0 saturated heterocycles. The number of carbonyl (C=O) groups is 3. The first-order valence-electron chi connectivity index (χ1n) is 6.63. The van der Waals surface area contributed by atoms with Crippen LogP contribution in [0, 0.1) is 6.92 Å². The van der Waals surface area contributed by atoms with Crippen LogP contribution in [0.3, 0.4) is 0 Å². The van der Waals surface area contributed by atoms with Gasteiger partial charge in [-0.1, -0.05) is 6.07 Å². The Kier molecular flexibility index (Phi) is 6.35. The van der Waals surface area contributed by atoms with Crippen LogP contribution in [-0.2, 0) is 9.59 Å². The molecule has 1 aromatic rings. The summed E-state index contributed by atoms with van der Waals surface area (Å²) < 4.78 is 0. The summed E-state index contributed by atoms with van der Waals surface area (Å²) in [5, 5.41) is 7.71. The highest BCUT2D eigenvalue weighted by atomic mass is 16.2. The number of carbonyl (C=O) groups excluding carboxylic acids is 3. The molecule has 0 aliphatic heterocycles. The Morgan fingerprint density at radius 1 is 1.14 bits per heavy atom. The molecule has 1 aromatic carbocycles. The lowest BCUT2D eigenvalue weighted by molar-refractivity contribution is -0.123. The summed E-state index contributed by atoms with van der Waals surface area (Å²) in [4.78, 5) is 34.5. The zero-order valence-corrected chi connectivity index (χ0v) is 12.2. The van der Waals surface area contributed by atoms with E-state index >= 15 is 0 Å². The van der Waals surface area contributed by atoms with Gasteiger partial charge in [-0.25, -0.2) is 0 Å². The lowest BCUT2D eigenvalue weighted by atomic mass is 10.1. The highest BCUT2D eigenvalue weighted by Gasteiger charge is 2.10. The molecule has 0 spiro atoms. The molecule has 114 valence electrons. The number of aryl methyl sites for hydroxylation is 1. The van der Waals surface area contributed by atoms with Crippen LogP contribution in [0.4, 0.5) is 5.69 Å². The second-order valence-electron chi connectivity index (χ2n) is 4.42. The molecule has 0 aliphatic rings. The Morgan fingerprint density at radius 3 is 2.48 bits per heavy atom. The second kappa shape index (κ2) is 8.01. The van der Waals surface area contributed by atoms with Gasteiger partial charge < -0.3 is 21.7 Å². The van der Waals surface area contributed by atoms with Crippen LogP contribution in [0.1, 0.15) is 22.8 Å². The average molecular weight is 292 g/mol. The van der Waals surface area contributed by atoms with E-state index in [1.165, 1.54) is 0 Å². The molecule has 0 saturated carbocycles. The van der Waals surface area contributed by atoms with E-state index in [2.05, 4.69) is 16.0 Å². The highest BCUT2D eigenvalue weighted by Crippen LogP contribution is 2.16. The van der Waals surface area contributed by atoms with Gasteiger partial charge in [0.15, 0.2) is 0 Å². The summed E-state index contributed by atoms with van der Waals surface area (Å²) in [5.41, 5.74) is 6.94. The van der Waals surface area contributed by atoms with Gasteiger partial charge in [-0.2, -0.15) is 0 Å². The number of hydrogen-bond acceptors (Lipinski definition) is 4. The van der Waals surface area contributed by atoms with Crippen LogP contribution >= 0.6 is 0 Å². The van der Waals surface area contributed by atoms with Crippen LogP contribution in [-0.4, -0.2) is 37.4 Å². The fourth-order valence-corrected chi connectivity index (χ4v) is 1.61. The Hall–Kier alpha value is -2.41. The van der Waals surface area contributed by atoms with Gasteiger partial charge in [-0.3, -0.25) is 14.4 Å². The predicted molar refractivity (Wildman–Crippen MR) is 79.9 cm³/mol. The fraction of sp³-hybridized carbons (Fsp3) is 0.357. The molecular formula is C14H20N4O3. The van der Waals surface area contributed by atoms with E-state index in [-0.39, 0.29) is 24.9 Å². The van der Waals surface area contributed by atoms with E-state index in [4.69, 9.17) is 5.73 Å². The molecule has 0 fully saturated rings. The van der Waals surface area contributed by atoms with Gasteiger partial charge in [0.2, 0.25) is 11.8 Å². The monoisotopic (exact) mass is 292 g/mol. The summed E-state index contributed by atoms with van der Waals surface area (Å²) >= 11 is 0. The summed E-state index contributed by atoms with van der Waals surface area (Å²) in [5.74, 6) is -0.990. The van der Waals surface area contributed by atoms with Gasteiger partial charge in [0, 0.05) is 17.8 Å². The number of nitrogens with one attached hydrogen (secondary N) is 3. The molecule has 0 unspecified atom stereocenters. The number of benzene rings is 1. The summed E-state index contributed by atoms with van der Waals surface area (Å²) in [6, 6.07) is 5.04. The summed E-state index contributed by atoms with van der Waals surface area (Å²) in [6.07, 6.45) is 0. The van der Waals surface area contributed by atoms with E-state index < -0.39 is 5.91 Å². The molecule has 0 aliphatic carbocycles. The molecule has 0 atom stereocenters. The third kappa shape index (κ3) is 5.23. The molecule has 3 amide bonds. The maximum atomic E-state index is 11.8. The SMILES string of the molecule is CCNC(=O)c1ccc(C)c(NC(=O)CNC(=O)CN)c1. The number of nitrogens with two attached hydrogens (primary N) is 1. The van der Waals surface area contributed by atoms with Crippen molar-refractivity contribution in [3.63, 3.8) is 0 Å². The molecule has 1 rings (SSSR count). The van der Waals surface area contributed by atoms with Crippen molar-refractivity contribution in [3.05, 3.63) is 29.3 Å². The van der Waals surface area contributed by atoms with E-state index in [0.29, 0.717) is 17.8 Å². The van der Waals surface area contributed by atoms with Crippen LogP contribution in [0.25, 0.3) is 0 Å². The zero-order valence-electron chi connectivity index (χ0n) is 12.2. The maximum absolute atomic E-state index is 11.8. The van der Waals surface area contributed by atoms with Gasteiger partial charge >= 0.3 is 0 Å². The first-order chi connectivity index (χ1) is 9.97. The predicted octanol–water partition coefficient (Wildman–Crippen LogP) is -0.242. The van der Waals surface area contributed by atoms with Crippen molar-refractivity contribution in [2.45, 2.75) is 13.8 Å². The number of amides is 3. The topological polar surface area (TPSA) is 113 Å². The van der Waals surface area contributed by atoms with Crippen molar-refractivity contribution in [3.8, 4) is 0 Å². The second-order valence-corrected chi connectivity index (χ2v) is 4.42. The summed E-state index contributed by atoms with van der Waals surface area (Å²) in [6.45, 7) is 3.84. The van der Waals surface area contributed by atoms with Crippen molar-refractivity contribution in [1.82, 2.24) is 10.6 Å². The van der Waals surface area contributed by atoms with E-state index in [9.17, 15) is 14.4 Å². The number of hydrogen-bond donors (Lipinski definition) is 4. The number of anilines is 1. The molecule has 0 radical (unpaired) electrons. The molecule has 5 N–H and O–H groups in total. The van der Waals surface area contributed by atoms with Crippen molar-refractivity contribution in [2.24, 2.45) is 5.73 Å². The lowest BCUT2D eigenvalue weighted by Crippen LogP contribution is -2.36. The molecule has 7 nitrogen and oxygen atoms in total. The largest absolute Gasteiger partial charge is 0.352 e. The standard InChI is InChI=1S/C14H20N4O3/c1-3-16-14(21)10-5-4-9(2)11(6-10)18-13(20)8-17-12(19)7-15/h4-6H,3,7-8,15H2,1-2H3,(H,16,21)(H,17,19)(H,18,20). The van der Waals surface area contributed by atoms with Gasteiger partial charge in [0.25, 0.3) is 5.91 Å². The molecule has 0 heterocycles. The first-order valence-corrected chi connectivity index (χ1v) is 6.63. The Balaban J connectivity index is 2.73. The minimum atomic E-state index is -0.405. The van der Waals surface area contributed by atoms with E-state index in [1.54, 1.807) is 18.2 Å². The van der Waals surface area contributed by atoms with Crippen LogP contribution in [0.2, 0.25) is 0 Å². The van der Waals surface area contributed by atoms with E-state index in [0.717, 1.165) is 5.56 Å². The molecule has 7 heteroatoms. The van der Waals surface area contributed by atoms with Crippen molar-refractivity contribution >= 4 is 23.4 Å². The lowest BCUT2D eigenvalue weighted by Gasteiger charge is -2.11. The zero-order chi connectivity index (χ0) is 15.8. The van der Waals surface area contributed by atoms with Crippen molar-refractivity contribution in [1.29, 1.82) is 0 Å². The smallest absolute Gasteiger partial charge is 0.251 e. The first kappa shape index (κ1) is 16.6. The van der Waals surface area contributed by atoms with Gasteiger partial charge in [0.05, 0.1) is 13.1 Å². The van der Waals surface area contributed by atoms with Crippen LogP contribution in [0.5, 0.6) is 0 Å². The maximum Gasteiger partial charge on any atom is 0.251 e. The highest BCUT2D eigenvalue weighted by molar-refractivity contribution is 5.99. The minimum absolute atomic E-state index is 0.166. The Morgan fingerprint density at radius 2 is 1.86 bits per heavy atom. The van der Waals surface area contributed by atoms with Gasteiger partial charge in [0.1, 0.15) is 0 Å². The molecule has 21 heavy (non-hydrogen) atoms. The fourth-order valence-electron chi connectivity index (χ4n) is 1.61. The molecular weight excluding hydrogens is 272 g/mol. The van der Waals surface area contributed by atoms with Gasteiger partial charge in [-0.15, -0.1) is 0 Å². The molecule has 0 aromatic heterocycles. The summed E-state index contributed by atoms with van der Waals surface area (Å²) in [7, 11) is 0. The van der Waals surface area contributed by atoms with Crippen LogP contribution < -0.4 is 21.7 Å². The molecule has 0 bridgehead atoms. The Bertz CT molecular complexity index is 543. The van der Waals surface area contributed by atoms with Crippen molar-refractivity contribution < 1.29 is 14.4 Å². The van der Waals surface area contributed by atoms with Crippen molar-refractivity contribution in [2.75, 3.05) is 25.0 Å². The average Bonchev–Trinajstić information content (AvgIpc) is 2.47. The normalized spacial score (nSPS) is 9.86. The van der Waals surface area contributed by atoms with E-state index in [1.807, 2.05) is 13.8 Å². The minimum Gasteiger partial charge on any atom is -0.352 e. The third-order valence-corrected chi connectivity index (χ3v) is 2.74. The van der Waals surface area contributed by atoms with Crippen LogP contribution in [0.15, 0.2) is 18.2 Å². The van der Waals surface area contributed by atoms with Gasteiger partial charge in [-0.05, 0) is 31.5 Å². The third-order valence-electron chi connectivity index (χ3n) is 2.74. The quantitative estimate of drug-likeness (QED) is 0.579. The number of rotatable bonds is 6.